The Kier molecular flexibility index (Phi) is 6.42. The van der Waals surface area contributed by atoms with Crippen LogP contribution in [0.2, 0.25) is 0 Å². The normalized spacial score (nSPS) is 11.1. The lowest BCUT2D eigenvalue weighted by Crippen LogP contribution is -3.05. The summed E-state index contributed by atoms with van der Waals surface area (Å²) in [5.41, 5.74) is 1.58. The van der Waals surface area contributed by atoms with Gasteiger partial charge in [-0.05, 0) is 43.3 Å². The van der Waals surface area contributed by atoms with E-state index in [1.54, 1.807) is 11.3 Å². The number of para-hydroxylation sites is 1. The summed E-state index contributed by atoms with van der Waals surface area (Å²) in [5, 5.41) is 0.754. The van der Waals surface area contributed by atoms with E-state index >= 15 is 0 Å². The van der Waals surface area contributed by atoms with Gasteiger partial charge in [-0.3, -0.25) is 9.69 Å². The number of nitrogens with zero attached hydrogens (tertiary/aromatic N) is 2. The molecular formula is C21H26N3O2S+. The molecule has 6 heteroatoms. The summed E-state index contributed by atoms with van der Waals surface area (Å²) in [4.78, 5) is 21.1. The molecule has 0 aliphatic heterocycles. The first-order valence-corrected chi connectivity index (χ1v) is 10.1. The zero-order chi connectivity index (χ0) is 19.2. The van der Waals surface area contributed by atoms with Crippen molar-refractivity contribution in [3.8, 4) is 5.75 Å². The summed E-state index contributed by atoms with van der Waals surface area (Å²) < 4.78 is 6.57. The highest BCUT2D eigenvalue weighted by Crippen LogP contribution is 2.29. The Morgan fingerprint density at radius 3 is 2.56 bits per heavy atom. The monoisotopic (exact) mass is 384 g/mol. The van der Waals surface area contributed by atoms with Crippen LogP contribution in [0.15, 0.2) is 48.5 Å². The van der Waals surface area contributed by atoms with Crippen LogP contribution in [0.3, 0.4) is 0 Å². The van der Waals surface area contributed by atoms with E-state index in [4.69, 9.17) is 9.72 Å². The van der Waals surface area contributed by atoms with E-state index in [-0.39, 0.29) is 5.91 Å². The fourth-order valence-corrected chi connectivity index (χ4v) is 3.86. The highest BCUT2D eigenvalue weighted by molar-refractivity contribution is 7.22. The van der Waals surface area contributed by atoms with Crippen LogP contribution in [0.25, 0.3) is 10.2 Å². The molecule has 142 valence electrons. The number of rotatable bonds is 8. The lowest BCUT2D eigenvalue weighted by atomic mass is 10.2. The molecule has 1 N–H and O–H groups in total. The number of nitrogens with one attached hydrogen (secondary N) is 1. The molecule has 0 saturated heterocycles. The number of hydrogen-bond acceptors (Lipinski definition) is 4. The average molecular weight is 385 g/mol. The summed E-state index contributed by atoms with van der Waals surface area (Å²) in [6.45, 7) is 4.20. The molecule has 3 aromatic rings. The molecule has 0 aliphatic carbocycles. The number of carbonyl (C=O) groups excluding carboxylic acids is 1. The number of thiazole rings is 1. The van der Waals surface area contributed by atoms with Gasteiger partial charge < -0.3 is 9.64 Å². The molecule has 0 aliphatic rings. The second-order valence-electron chi connectivity index (χ2n) is 6.69. The quantitative estimate of drug-likeness (QED) is 0.650. The van der Waals surface area contributed by atoms with Crippen LogP contribution in [0.1, 0.15) is 23.7 Å². The second kappa shape index (κ2) is 8.97. The fourth-order valence-electron chi connectivity index (χ4n) is 2.87. The van der Waals surface area contributed by atoms with Gasteiger partial charge >= 0.3 is 0 Å². The van der Waals surface area contributed by atoms with Crippen molar-refractivity contribution in [2.75, 3.05) is 38.7 Å². The maximum Gasteiger partial charge on any atom is 0.260 e. The van der Waals surface area contributed by atoms with Crippen LogP contribution >= 0.6 is 11.3 Å². The molecule has 1 aromatic heterocycles. The summed E-state index contributed by atoms with van der Waals surface area (Å²) in [6.07, 6.45) is 0.918. The first-order valence-electron chi connectivity index (χ1n) is 9.28. The topological polar surface area (TPSA) is 46.9 Å². The SMILES string of the molecule is CCOc1ccc(C(=O)N(CCC[NH+](C)C)c2nc3ccccc3s2)cc1. The van der Waals surface area contributed by atoms with Crippen molar-refractivity contribution in [2.24, 2.45) is 0 Å². The molecule has 0 saturated carbocycles. The first kappa shape index (κ1) is 19.3. The molecule has 3 rings (SSSR count). The molecule has 0 spiro atoms. The predicted octanol–water partition coefficient (Wildman–Crippen LogP) is 2.88. The van der Waals surface area contributed by atoms with E-state index in [1.807, 2.05) is 60.4 Å². The Morgan fingerprint density at radius 1 is 1.15 bits per heavy atom. The number of ether oxygens (including phenoxy) is 1. The molecule has 1 amide bonds. The van der Waals surface area contributed by atoms with E-state index in [0.29, 0.717) is 18.7 Å². The summed E-state index contributed by atoms with van der Waals surface area (Å²) in [6, 6.07) is 15.3. The molecular weight excluding hydrogens is 358 g/mol. The number of quaternary nitrogens is 1. The minimum atomic E-state index is -0.0224. The molecule has 0 radical (unpaired) electrons. The van der Waals surface area contributed by atoms with Crippen LogP contribution in [-0.2, 0) is 0 Å². The Bertz CT molecular complexity index is 857. The lowest BCUT2D eigenvalue weighted by molar-refractivity contribution is -0.858. The third-order valence-corrected chi connectivity index (χ3v) is 5.29. The maximum atomic E-state index is 13.2. The van der Waals surface area contributed by atoms with Crippen molar-refractivity contribution >= 4 is 32.6 Å². The van der Waals surface area contributed by atoms with Crippen LogP contribution in [0.4, 0.5) is 5.13 Å². The smallest absolute Gasteiger partial charge is 0.260 e. The van der Waals surface area contributed by atoms with Crippen LogP contribution in [0, 0.1) is 0 Å². The molecule has 5 nitrogen and oxygen atoms in total. The first-order chi connectivity index (χ1) is 13.1. The molecule has 0 fully saturated rings. The number of benzene rings is 2. The van der Waals surface area contributed by atoms with Crippen molar-refractivity contribution in [3.63, 3.8) is 0 Å². The molecule has 0 unspecified atom stereocenters. The van der Waals surface area contributed by atoms with Gasteiger partial charge in [-0.15, -0.1) is 0 Å². The zero-order valence-electron chi connectivity index (χ0n) is 16.1. The number of fused-ring (bicyclic) bond motifs is 1. The van der Waals surface area contributed by atoms with E-state index in [1.165, 1.54) is 4.90 Å². The van der Waals surface area contributed by atoms with Crippen molar-refractivity contribution in [3.05, 3.63) is 54.1 Å². The lowest BCUT2D eigenvalue weighted by Gasteiger charge is -2.20. The van der Waals surface area contributed by atoms with Gasteiger partial charge in [-0.2, -0.15) is 0 Å². The highest BCUT2D eigenvalue weighted by Gasteiger charge is 2.21. The Hall–Kier alpha value is -2.44. The van der Waals surface area contributed by atoms with E-state index in [2.05, 4.69) is 14.1 Å². The summed E-state index contributed by atoms with van der Waals surface area (Å²) >= 11 is 1.56. The largest absolute Gasteiger partial charge is 0.494 e. The fraction of sp³-hybridized carbons (Fsp3) is 0.333. The van der Waals surface area contributed by atoms with Crippen molar-refractivity contribution in [1.29, 1.82) is 0 Å². The standard InChI is InChI=1S/C21H25N3O2S/c1-4-26-17-12-10-16(11-13-17)20(25)24(15-7-14-23(2)3)21-22-18-8-5-6-9-19(18)27-21/h5-6,8-13H,4,7,14-15H2,1-3H3/p+1. The molecule has 1 heterocycles. The third-order valence-electron chi connectivity index (χ3n) is 4.23. The van der Waals surface area contributed by atoms with Gasteiger partial charge in [0.1, 0.15) is 5.75 Å². The predicted molar refractivity (Wildman–Crippen MR) is 111 cm³/mol. The van der Waals surface area contributed by atoms with Crippen LogP contribution < -0.4 is 14.5 Å². The van der Waals surface area contributed by atoms with Crippen molar-refractivity contribution in [2.45, 2.75) is 13.3 Å². The minimum Gasteiger partial charge on any atom is -0.494 e. The van der Waals surface area contributed by atoms with Gasteiger partial charge in [-0.1, -0.05) is 23.5 Å². The Balaban J connectivity index is 1.87. The second-order valence-corrected chi connectivity index (χ2v) is 7.70. The van der Waals surface area contributed by atoms with Gasteiger partial charge in [0.05, 0.1) is 37.5 Å². The Labute approximate surface area is 164 Å². The van der Waals surface area contributed by atoms with Gasteiger partial charge in [0, 0.05) is 18.5 Å². The van der Waals surface area contributed by atoms with Gasteiger partial charge in [0.15, 0.2) is 5.13 Å². The van der Waals surface area contributed by atoms with Gasteiger partial charge in [-0.25, -0.2) is 4.98 Å². The van der Waals surface area contributed by atoms with E-state index < -0.39 is 0 Å². The number of hydrogen-bond donors (Lipinski definition) is 1. The molecule has 0 atom stereocenters. The van der Waals surface area contributed by atoms with Crippen molar-refractivity contribution in [1.82, 2.24) is 4.98 Å². The molecule has 2 aromatic carbocycles. The third kappa shape index (κ3) is 4.84. The summed E-state index contributed by atoms with van der Waals surface area (Å²) in [7, 11) is 4.24. The zero-order valence-corrected chi connectivity index (χ0v) is 16.9. The highest BCUT2D eigenvalue weighted by atomic mass is 32.1. The van der Waals surface area contributed by atoms with Gasteiger partial charge in [0.2, 0.25) is 0 Å². The molecule has 27 heavy (non-hydrogen) atoms. The maximum absolute atomic E-state index is 13.2. The number of anilines is 1. The van der Waals surface area contributed by atoms with Crippen molar-refractivity contribution < 1.29 is 14.4 Å². The van der Waals surface area contributed by atoms with E-state index in [0.717, 1.165) is 34.1 Å². The number of carbonyl (C=O) groups is 1. The number of aromatic nitrogens is 1. The summed E-state index contributed by atoms with van der Waals surface area (Å²) in [5.74, 6) is 0.752. The van der Waals surface area contributed by atoms with Crippen LogP contribution in [-0.4, -0.2) is 44.7 Å². The van der Waals surface area contributed by atoms with E-state index in [9.17, 15) is 4.79 Å². The molecule has 0 bridgehead atoms. The Morgan fingerprint density at radius 2 is 1.89 bits per heavy atom. The average Bonchev–Trinajstić information content (AvgIpc) is 3.09. The van der Waals surface area contributed by atoms with Crippen LogP contribution in [0.5, 0.6) is 5.75 Å². The minimum absolute atomic E-state index is 0.0224. The van der Waals surface area contributed by atoms with Gasteiger partial charge in [0.25, 0.3) is 5.91 Å². The number of amides is 1.